The highest BCUT2D eigenvalue weighted by Crippen LogP contribution is 2.25. The van der Waals surface area contributed by atoms with Crippen LogP contribution >= 0.6 is 11.6 Å². The van der Waals surface area contributed by atoms with Crippen LogP contribution in [-0.2, 0) is 0 Å². The molecule has 3 aromatic rings. The fraction of sp³-hybridized carbons (Fsp3) is 0.0909. The van der Waals surface area contributed by atoms with E-state index in [-0.39, 0.29) is 11.7 Å². The Morgan fingerprint density at radius 1 is 0.931 bits per heavy atom. The summed E-state index contributed by atoms with van der Waals surface area (Å²) >= 11 is 5.81. The van der Waals surface area contributed by atoms with Crippen molar-refractivity contribution >= 4 is 35.1 Å². The van der Waals surface area contributed by atoms with Crippen LogP contribution in [0.2, 0.25) is 5.02 Å². The lowest BCUT2D eigenvalue weighted by Crippen LogP contribution is -2.17. The van der Waals surface area contributed by atoms with Gasteiger partial charge in [-0.25, -0.2) is 5.43 Å². The van der Waals surface area contributed by atoms with Gasteiger partial charge < -0.3 is 5.11 Å². The molecule has 0 radical (unpaired) electrons. The van der Waals surface area contributed by atoms with E-state index in [0.717, 1.165) is 11.3 Å². The first kappa shape index (κ1) is 20.2. The van der Waals surface area contributed by atoms with Gasteiger partial charge in [0.2, 0.25) is 0 Å². The zero-order valence-corrected chi connectivity index (χ0v) is 16.7. The van der Waals surface area contributed by atoms with Gasteiger partial charge in [-0.1, -0.05) is 17.7 Å². The number of hydrogen-bond donors (Lipinski definition) is 2. The van der Waals surface area contributed by atoms with Crippen LogP contribution < -0.4 is 5.43 Å². The Bertz CT molecular complexity index is 1090. The van der Waals surface area contributed by atoms with Crippen molar-refractivity contribution in [2.75, 3.05) is 0 Å². The molecule has 3 rings (SSSR count). The first-order chi connectivity index (χ1) is 13.9. The number of carbonyl (C=O) groups is 1. The molecule has 7 heteroatoms. The Hall–Kier alpha value is -3.51. The number of rotatable bonds is 5. The molecule has 0 aliphatic rings. The lowest BCUT2D eigenvalue weighted by molar-refractivity contribution is 0.0955. The largest absolute Gasteiger partial charge is 0.507 e. The minimum Gasteiger partial charge on any atom is -0.507 e. The molecule has 146 valence electrons. The number of benzene rings is 3. The van der Waals surface area contributed by atoms with Crippen LogP contribution in [0.25, 0.3) is 0 Å². The third kappa shape index (κ3) is 5.49. The fourth-order valence-corrected chi connectivity index (χ4v) is 2.56. The number of azo groups is 1. The van der Waals surface area contributed by atoms with E-state index in [1.165, 1.54) is 17.8 Å². The van der Waals surface area contributed by atoms with Crippen LogP contribution in [0.4, 0.5) is 11.4 Å². The van der Waals surface area contributed by atoms with E-state index in [1.807, 2.05) is 32.0 Å². The molecule has 0 aromatic heterocycles. The van der Waals surface area contributed by atoms with E-state index in [1.54, 1.807) is 36.4 Å². The van der Waals surface area contributed by atoms with Gasteiger partial charge in [0.05, 0.1) is 17.6 Å². The number of aromatic hydroxyl groups is 1. The first-order valence-corrected chi connectivity index (χ1v) is 9.21. The lowest BCUT2D eigenvalue weighted by atomic mass is 10.1. The Balaban J connectivity index is 1.70. The predicted octanol–water partition coefficient (Wildman–Crippen LogP) is 5.84. The molecule has 0 aliphatic heterocycles. The monoisotopic (exact) mass is 406 g/mol. The summed E-state index contributed by atoms with van der Waals surface area (Å²) in [6, 6.07) is 17.0. The van der Waals surface area contributed by atoms with E-state index in [9.17, 15) is 9.90 Å². The van der Waals surface area contributed by atoms with Crippen LogP contribution in [0.1, 0.15) is 27.0 Å². The topological polar surface area (TPSA) is 86.4 Å². The van der Waals surface area contributed by atoms with E-state index < -0.39 is 0 Å². The summed E-state index contributed by atoms with van der Waals surface area (Å²) in [6.07, 6.45) is 1.35. The number of halogens is 1. The number of phenols is 1. The number of amides is 1. The molecule has 29 heavy (non-hydrogen) atoms. The van der Waals surface area contributed by atoms with Crippen molar-refractivity contribution in [3.05, 3.63) is 87.9 Å². The second kappa shape index (κ2) is 9.12. The minimum atomic E-state index is -0.386. The van der Waals surface area contributed by atoms with Gasteiger partial charge >= 0.3 is 0 Å². The second-order valence-corrected chi connectivity index (χ2v) is 6.85. The molecule has 0 bridgehead atoms. The molecule has 0 saturated carbocycles. The lowest BCUT2D eigenvalue weighted by Gasteiger charge is -2.02. The van der Waals surface area contributed by atoms with Gasteiger partial charge in [-0.3, -0.25) is 4.79 Å². The number of aryl methyl sites for hydroxylation is 2. The van der Waals surface area contributed by atoms with E-state index >= 15 is 0 Å². The molecule has 0 spiro atoms. The molecule has 0 saturated heterocycles. The van der Waals surface area contributed by atoms with Crippen LogP contribution in [0, 0.1) is 13.8 Å². The predicted molar refractivity (Wildman–Crippen MR) is 115 cm³/mol. The van der Waals surface area contributed by atoms with E-state index in [0.29, 0.717) is 21.8 Å². The molecule has 0 unspecified atom stereocenters. The highest BCUT2D eigenvalue weighted by atomic mass is 35.5. The van der Waals surface area contributed by atoms with E-state index in [2.05, 4.69) is 20.8 Å². The summed E-state index contributed by atoms with van der Waals surface area (Å²) in [5.74, 6) is -0.373. The van der Waals surface area contributed by atoms with Crippen molar-refractivity contribution in [3.8, 4) is 5.75 Å². The summed E-state index contributed by atoms with van der Waals surface area (Å²) in [4.78, 5) is 12.0. The van der Waals surface area contributed by atoms with Crippen LogP contribution in [-0.4, -0.2) is 17.2 Å². The highest BCUT2D eigenvalue weighted by molar-refractivity contribution is 6.30. The maximum Gasteiger partial charge on any atom is 0.271 e. The van der Waals surface area contributed by atoms with Gasteiger partial charge in [0.15, 0.2) is 0 Å². The molecule has 0 aliphatic carbocycles. The average Bonchev–Trinajstić information content (AvgIpc) is 2.71. The van der Waals surface area contributed by atoms with Gasteiger partial charge in [0.25, 0.3) is 5.91 Å². The smallest absolute Gasteiger partial charge is 0.271 e. The number of nitrogens with zero attached hydrogens (tertiary/aromatic N) is 3. The Morgan fingerprint density at radius 3 is 2.28 bits per heavy atom. The van der Waals surface area contributed by atoms with Crippen LogP contribution in [0.5, 0.6) is 5.75 Å². The summed E-state index contributed by atoms with van der Waals surface area (Å²) in [6.45, 7) is 4.05. The van der Waals surface area contributed by atoms with Gasteiger partial charge in [-0.2, -0.15) is 15.3 Å². The van der Waals surface area contributed by atoms with Crippen molar-refractivity contribution in [2.24, 2.45) is 15.3 Å². The van der Waals surface area contributed by atoms with Crippen LogP contribution in [0.3, 0.4) is 0 Å². The normalized spacial score (nSPS) is 11.3. The number of hydrogen-bond acceptors (Lipinski definition) is 5. The summed E-state index contributed by atoms with van der Waals surface area (Å²) in [7, 11) is 0. The first-order valence-electron chi connectivity index (χ1n) is 8.83. The third-order valence-electron chi connectivity index (χ3n) is 4.26. The molecular formula is C22H19ClN4O2. The van der Waals surface area contributed by atoms with Crippen molar-refractivity contribution in [1.82, 2.24) is 5.43 Å². The van der Waals surface area contributed by atoms with Crippen molar-refractivity contribution in [3.63, 3.8) is 0 Å². The van der Waals surface area contributed by atoms with Crippen LogP contribution in [0.15, 0.2) is 76.0 Å². The third-order valence-corrected chi connectivity index (χ3v) is 4.51. The number of hydrazone groups is 1. The number of carbonyl (C=O) groups excluding carboxylic acids is 1. The van der Waals surface area contributed by atoms with Gasteiger partial charge in [-0.15, -0.1) is 0 Å². The molecule has 1 amide bonds. The maximum absolute atomic E-state index is 12.0. The zero-order valence-electron chi connectivity index (χ0n) is 15.9. The molecule has 0 atom stereocenters. The number of phenolic OH excluding ortho intramolecular Hbond substituents is 1. The summed E-state index contributed by atoms with van der Waals surface area (Å²) in [5, 5.41) is 22.9. The molecule has 0 heterocycles. The quantitative estimate of drug-likeness (QED) is 0.316. The second-order valence-electron chi connectivity index (χ2n) is 6.42. The van der Waals surface area contributed by atoms with Gasteiger partial charge in [0.1, 0.15) is 5.75 Å². The Kier molecular flexibility index (Phi) is 6.36. The Labute approximate surface area is 173 Å². The van der Waals surface area contributed by atoms with E-state index in [4.69, 9.17) is 11.6 Å². The van der Waals surface area contributed by atoms with Crippen molar-refractivity contribution in [1.29, 1.82) is 0 Å². The molecule has 6 nitrogen and oxygen atoms in total. The summed E-state index contributed by atoms with van der Waals surface area (Å²) in [5.41, 5.74) is 6.84. The maximum atomic E-state index is 12.0. The number of nitrogens with one attached hydrogen (secondary N) is 1. The standard InChI is InChI=1S/C22H19ClN4O2/c1-14-3-8-19(11-15(14)2)25-26-20-9-10-21(28)17(12-20)13-24-27-22(29)16-4-6-18(23)7-5-16/h3-13,28H,1-2H3,(H,27,29)/b24-13-,26-25?. The molecular weight excluding hydrogens is 388 g/mol. The molecule has 3 aromatic carbocycles. The molecule has 2 N–H and O–H groups in total. The average molecular weight is 407 g/mol. The van der Waals surface area contributed by atoms with Gasteiger partial charge in [0, 0.05) is 16.1 Å². The van der Waals surface area contributed by atoms with Gasteiger partial charge in [-0.05, 0) is 79.6 Å². The Morgan fingerprint density at radius 2 is 1.59 bits per heavy atom. The van der Waals surface area contributed by atoms with Crippen molar-refractivity contribution < 1.29 is 9.90 Å². The zero-order chi connectivity index (χ0) is 20.8. The summed E-state index contributed by atoms with van der Waals surface area (Å²) < 4.78 is 0. The van der Waals surface area contributed by atoms with Crippen molar-refractivity contribution in [2.45, 2.75) is 13.8 Å². The fourth-order valence-electron chi connectivity index (χ4n) is 2.44. The molecule has 0 fully saturated rings. The highest BCUT2D eigenvalue weighted by Gasteiger charge is 2.04. The minimum absolute atomic E-state index is 0.0135. The SMILES string of the molecule is Cc1ccc(N=Nc2ccc(O)c(/C=N\NC(=O)c3ccc(Cl)cc3)c2)cc1C.